The monoisotopic (exact) mass is 297 g/mol. The van der Waals surface area contributed by atoms with Crippen LogP contribution in [-0.4, -0.2) is 31.9 Å². The first kappa shape index (κ1) is 15.6. The SMILES string of the molecule is CCNC(CCC1CCCO1)COc1cccc(Cl)c1. The zero-order chi connectivity index (χ0) is 14.2. The van der Waals surface area contributed by atoms with Gasteiger partial charge in [0.05, 0.1) is 6.10 Å². The number of hydrogen-bond donors (Lipinski definition) is 1. The van der Waals surface area contributed by atoms with Crippen LogP contribution >= 0.6 is 11.6 Å². The van der Waals surface area contributed by atoms with Crippen molar-refractivity contribution in [2.75, 3.05) is 19.8 Å². The third-order valence-corrected chi connectivity index (χ3v) is 3.84. The minimum atomic E-state index is 0.364. The molecule has 0 saturated carbocycles. The molecule has 1 aliphatic heterocycles. The molecule has 112 valence electrons. The van der Waals surface area contributed by atoms with Gasteiger partial charge in [-0.2, -0.15) is 0 Å². The van der Waals surface area contributed by atoms with Crippen molar-refractivity contribution in [2.45, 2.75) is 44.8 Å². The standard InChI is InChI=1S/C16H24ClNO2/c1-2-18-14(8-9-15-7-4-10-19-15)12-20-16-6-3-5-13(17)11-16/h3,5-6,11,14-15,18H,2,4,7-10,12H2,1H3. The summed E-state index contributed by atoms with van der Waals surface area (Å²) < 4.78 is 11.5. The highest BCUT2D eigenvalue weighted by Gasteiger charge is 2.18. The maximum Gasteiger partial charge on any atom is 0.120 e. The molecule has 0 aromatic heterocycles. The van der Waals surface area contributed by atoms with Crippen LogP contribution in [0.15, 0.2) is 24.3 Å². The summed E-state index contributed by atoms with van der Waals surface area (Å²) in [6, 6.07) is 7.92. The van der Waals surface area contributed by atoms with E-state index in [1.54, 1.807) is 0 Å². The average molecular weight is 298 g/mol. The minimum Gasteiger partial charge on any atom is -0.492 e. The Balaban J connectivity index is 1.75. The second-order valence-corrected chi connectivity index (χ2v) is 5.67. The average Bonchev–Trinajstić information content (AvgIpc) is 2.95. The first-order valence-corrected chi connectivity index (χ1v) is 7.89. The fourth-order valence-corrected chi connectivity index (χ4v) is 2.73. The van der Waals surface area contributed by atoms with Gasteiger partial charge < -0.3 is 14.8 Å². The van der Waals surface area contributed by atoms with Crippen molar-refractivity contribution < 1.29 is 9.47 Å². The van der Waals surface area contributed by atoms with Crippen LogP contribution in [-0.2, 0) is 4.74 Å². The van der Waals surface area contributed by atoms with Gasteiger partial charge in [0.2, 0.25) is 0 Å². The molecule has 1 aliphatic rings. The van der Waals surface area contributed by atoms with E-state index in [-0.39, 0.29) is 0 Å². The predicted octanol–water partition coefficient (Wildman–Crippen LogP) is 3.66. The molecule has 1 aromatic carbocycles. The van der Waals surface area contributed by atoms with E-state index in [9.17, 15) is 0 Å². The molecule has 4 heteroatoms. The highest BCUT2D eigenvalue weighted by atomic mass is 35.5. The lowest BCUT2D eigenvalue weighted by Crippen LogP contribution is -2.35. The van der Waals surface area contributed by atoms with Gasteiger partial charge in [0, 0.05) is 17.7 Å². The smallest absolute Gasteiger partial charge is 0.120 e. The Bertz CT molecular complexity index is 394. The Morgan fingerprint density at radius 2 is 2.40 bits per heavy atom. The molecule has 1 saturated heterocycles. The first-order chi connectivity index (χ1) is 9.78. The van der Waals surface area contributed by atoms with E-state index in [1.165, 1.54) is 12.8 Å². The lowest BCUT2D eigenvalue weighted by Gasteiger charge is -2.20. The Labute approximate surface area is 126 Å². The van der Waals surface area contributed by atoms with E-state index in [0.29, 0.717) is 23.8 Å². The van der Waals surface area contributed by atoms with Crippen LogP contribution in [0, 0.1) is 0 Å². The third kappa shape index (κ3) is 5.31. The van der Waals surface area contributed by atoms with Gasteiger partial charge >= 0.3 is 0 Å². The molecule has 0 spiro atoms. The number of ether oxygens (including phenoxy) is 2. The van der Waals surface area contributed by atoms with Crippen LogP contribution in [0.4, 0.5) is 0 Å². The van der Waals surface area contributed by atoms with Crippen LogP contribution in [0.5, 0.6) is 5.75 Å². The number of benzene rings is 1. The zero-order valence-corrected chi connectivity index (χ0v) is 12.9. The molecule has 2 atom stereocenters. The lowest BCUT2D eigenvalue weighted by atomic mass is 10.1. The highest BCUT2D eigenvalue weighted by molar-refractivity contribution is 6.30. The van der Waals surface area contributed by atoms with Crippen LogP contribution in [0.25, 0.3) is 0 Å². The Hall–Kier alpha value is -0.770. The summed E-state index contributed by atoms with van der Waals surface area (Å²) in [5, 5.41) is 4.19. The van der Waals surface area contributed by atoms with Crippen LogP contribution < -0.4 is 10.1 Å². The maximum atomic E-state index is 5.96. The molecule has 20 heavy (non-hydrogen) atoms. The number of halogens is 1. The van der Waals surface area contributed by atoms with Crippen molar-refractivity contribution in [3.63, 3.8) is 0 Å². The quantitative estimate of drug-likeness (QED) is 0.794. The van der Waals surface area contributed by atoms with Gasteiger partial charge in [-0.25, -0.2) is 0 Å². The maximum absolute atomic E-state index is 5.96. The molecular weight excluding hydrogens is 274 g/mol. The molecule has 1 aromatic rings. The second-order valence-electron chi connectivity index (χ2n) is 5.24. The van der Waals surface area contributed by atoms with Gasteiger partial charge in [0.25, 0.3) is 0 Å². The third-order valence-electron chi connectivity index (χ3n) is 3.60. The molecule has 1 N–H and O–H groups in total. The Kier molecular flexibility index (Phi) is 6.64. The van der Waals surface area contributed by atoms with Crippen molar-refractivity contribution in [2.24, 2.45) is 0 Å². The summed E-state index contributed by atoms with van der Waals surface area (Å²) in [6.07, 6.45) is 5.04. The van der Waals surface area contributed by atoms with Gasteiger partial charge in [-0.1, -0.05) is 24.6 Å². The van der Waals surface area contributed by atoms with E-state index in [0.717, 1.165) is 31.7 Å². The Morgan fingerprint density at radius 3 is 3.10 bits per heavy atom. The zero-order valence-electron chi connectivity index (χ0n) is 12.1. The molecule has 1 fully saturated rings. The number of nitrogens with one attached hydrogen (secondary N) is 1. The largest absolute Gasteiger partial charge is 0.492 e. The van der Waals surface area contributed by atoms with Crippen LogP contribution in [0.2, 0.25) is 5.02 Å². The summed E-state index contributed by atoms with van der Waals surface area (Å²) >= 11 is 5.96. The molecular formula is C16H24ClNO2. The molecule has 2 unspecified atom stereocenters. The van der Waals surface area contributed by atoms with E-state index in [1.807, 2.05) is 24.3 Å². The van der Waals surface area contributed by atoms with Gasteiger partial charge in [0.15, 0.2) is 0 Å². The normalized spacial score (nSPS) is 20.0. The van der Waals surface area contributed by atoms with Crippen LogP contribution in [0.1, 0.15) is 32.6 Å². The van der Waals surface area contributed by atoms with Gasteiger partial charge in [0.1, 0.15) is 12.4 Å². The van der Waals surface area contributed by atoms with Crippen LogP contribution in [0.3, 0.4) is 0 Å². The molecule has 3 nitrogen and oxygen atoms in total. The number of rotatable bonds is 8. The van der Waals surface area contributed by atoms with Gasteiger partial charge in [-0.3, -0.25) is 0 Å². The summed E-state index contributed by atoms with van der Waals surface area (Å²) in [5.41, 5.74) is 0. The van der Waals surface area contributed by atoms with Crippen molar-refractivity contribution in [3.05, 3.63) is 29.3 Å². The summed E-state index contributed by atoms with van der Waals surface area (Å²) in [5.74, 6) is 0.831. The van der Waals surface area contributed by atoms with E-state index >= 15 is 0 Å². The van der Waals surface area contributed by atoms with Crippen molar-refractivity contribution in [3.8, 4) is 5.75 Å². The molecule has 1 heterocycles. The Morgan fingerprint density at radius 1 is 1.50 bits per heavy atom. The first-order valence-electron chi connectivity index (χ1n) is 7.51. The summed E-state index contributed by atoms with van der Waals surface area (Å²) in [7, 11) is 0. The second kappa shape index (κ2) is 8.50. The van der Waals surface area contributed by atoms with Gasteiger partial charge in [-0.05, 0) is 50.4 Å². The number of likely N-dealkylation sites (N-methyl/N-ethyl adjacent to an activating group) is 1. The number of hydrogen-bond acceptors (Lipinski definition) is 3. The predicted molar refractivity (Wildman–Crippen MR) is 82.6 cm³/mol. The van der Waals surface area contributed by atoms with E-state index in [2.05, 4.69) is 12.2 Å². The summed E-state index contributed by atoms with van der Waals surface area (Å²) in [4.78, 5) is 0. The van der Waals surface area contributed by atoms with Crippen molar-refractivity contribution >= 4 is 11.6 Å². The minimum absolute atomic E-state index is 0.364. The molecule has 2 rings (SSSR count). The van der Waals surface area contributed by atoms with Crippen molar-refractivity contribution in [1.29, 1.82) is 0 Å². The topological polar surface area (TPSA) is 30.5 Å². The lowest BCUT2D eigenvalue weighted by molar-refractivity contribution is 0.0972. The molecule has 0 radical (unpaired) electrons. The van der Waals surface area contributed by atoms with E-state index < -0.39 is 0 Å². The molecule has 0 amide bonds. The summed E-state index contributed by atoms with van der Waals surface area (Å²) in [6.45, 7) is 4.67. The van der Waals surface area contributed by atoms with Crippen molar-refractivity contribution in [1.82, 2.24) is 5.32 Å². The molecule has 0 bridgehead atoms. The van der Waals surface area contributed by atoms with E-state index in [4.69, 9.17) is 21.1 Å². The fraction of sp³-hybridized carbons (Fsp3) is 0.625. The highest BCUT2D eigenvalue weighted by Crippen LogP contribution is 2.19. The fourth-order valence-electron chi connectivity index (χ4n) is 2.55. The van der Waals surface area contributed by atoms with Gasteiger partial charge in [-0.15, -0.1) is 0 Å². The molecule has 0 aliphatic carbocycles.